The highest BCUT2D eigenvalue weighted by molar-refractivity contribution is 5.93. The summed E-state index contributed by atoms with van der Waals surface area (Å²) in [4.78, 5) is 24.8. The van der Waals surface area contributed by atoms with Crippen molar-refractivity contribution in [1.82, 2.24) is 10.3 Å². The average molecular weight is 439 g/mol. The Hall–Kier alpha value is -3.78. The van der Waals surface area contributed by atoms with Gasteiger partial charge in [0.15, 0.2) is 0 Å². The molecule has 0 radical (unpaired) electrons. The second-order valence-electron chi connectivity index (χ2n) is 7.88. The summed E-state index contributed by atoms with van der Waals surface area (Å²) in [5.41, 5.74) is 2.22. The Balaban J connectivity index is 0.00000114. The molecule has 7 nitrogen and oxygen atoms in total. The quantitative estimate of drug-likeness (QED) is 0.451. The molecule has 3 aromatic rings. The molecular formula is C24H26FN3O4. The van der Waals surface area contributed by atoms with E-state index in [1.54, 1.807) is 24.4 Å². The molecule has 0 unspecified atom stereocenters. The average Bonchev–Trinajstić information content (AvgIpc) is 2.76. The predicted molar refractivity (Wildman–Crippen MR) is 117 cm³/mol. The number of halogens is 1. The zero-order valence-corrected chi connectivity index (χ0v) is 18.2. The molecule has 0 fully saturated rings. The van der Waals surface area contributed by atoms with Gasteiger partial charge in [0.2, 0.25) is 0 Å². The minimum absolute atomic E-state index is 0.184. The molecule has 0 aliphatic carbocycles. The van der Waals surface area contributed by atoms with Crippen molar-refractivity contribution in [2.75, 3.05) is 34.2 Å². The van der Waals surface area contributed by atoms with Crippen molar-refractivity contribution < 1.29 is 28.3 Å². The van der Waals surface area contributed by atoms with Crippen LogP contribution in [0.3, 0.4) is 0 Å². The van der Waals surface area contributed by atoms with Crippen molar-refractivity contribution in [2.45, 2.75) is 0 Å². The highest BCUT2D eigenvalue weighted by Gasteiger charge is 2.11. The SMILES string of the molecule is C[N+](C)(C)CCNC(=O)c1cc(-c2ccc(Oc3ccc(F)cc3)cc2)ccn1.O=C[O-]. The van der Waals surface area contributed by atoms with Gasteiger partial charge in [-0.15, -0.1) is 0 Å². The van der Waals surface area contributed by atoms with E-state index in [1.807, 2.05) is 30.3 Å². The first kappa shape index (κ1) is 24.5. The number of pyridine rings is 1. The number of carbonyl (C=O) groups excluding carboxylic acids is 2. The third kappa shape index (κ3) is 8.16. The van der Waals surface area contributed by atoms with Gasteiger partial charge >= 0.3 is 0 Å². The molecule has 0 saturated heterocycles. The van der Waals surface area contributed by atoms with Crippen LogP contribution in [0.1, 0.15) is 10.5 Å². The Kier molecular flexibility index (Phi) is 8.85. The lowest BCUT2D eigenvalue weighted by atomic mass is 10.1. The molecule has 0 aliphatic rings. The standard InChI is InChI=1S/C23H24FN3O2.CH2O2/c1-27(2,3)15-14-26-23(28)22-16-18(12-13-25-22)17-4-8-20(9-5-17)29-21-10-6-19(24)7-11-21;2-1-3/h4-13,16H,14-15H2,1-3H3;1H,(H,2,3). The molecule has 1 aromatic heterocycles. The number of nitrogens with one attached hydrogen (secondary N) is 1. The molecule has 0 bridgehead atoms. The number of benzene rings is 2. The van der Waals surface area contributed by atoms with Gasteiger partial charge in [0.05, 0.1) is 34.2 Å². The van der Waals surface area contributed by atoms with E-state index >= 15 is 0 Å². The van der Waals surface area contributed by atoms with Crippen molar-refractivity contribution in [3.05, 3.63) is 78.4 Å². The molecule has 1 heterocycles. The van der Waals surface area contributed by atoms with Gasteiger partial charge in [-0.2, -0.15) is 0 Å². The molecule has 168 valence electrons. The summed E-state index contributed by atoms with van der Waals surface area (Å²) in [6, 6.07) is 17.0. The number of hydrogen-bond donors (Lipinski definition) is 1. The van der Waals surface area contributed by atoms with Crippen LogP contribution in [0.5, 0.6) is 11.5 Å². The van der Waals surface area contributed by atoms with Gasteiger partial charge in [-0.1, -0.05) is 12.1 Å². The molecular weight excluding hydrogens is 413 g/mol. The first-order valence-corrected chi connectivity index (χ1v) is 9.86. The first-order chi connectivity index (χ1) is 15.2. The van der Waals surface area contributed by atoms with Crippen LogP contribution in [0.15, 0.2) is 66.9 Å². The maximum absolute atomic E-state index is 13.0. The lowest BCUT2D eigenvalue weighted by Gasteiger charge is -2.23. The van der Waals surface area contributed by atoms with Gasteiger partial charge in [-0.25, -0.2) is 4.39 Å². The fourth-order valence-corrected chi connectivity index (χ4v) is 2.68. The van der Waals surface area contributed by atoms with E-state index in [9.17, 15) is 9.18 Å². The maximum atomic E-state index is 13.0. The fourth-order valence-electron chi connectivity index (χ4n) is 2.68. The molecule has 3 rings (SSSR count). The monoisotopic (exact) mass is 439 g/mol. The highest BCUT2D eigenvalue weighted by Crippen LogP contribution is 2.26. The summed E-state index contributed by atoms with van der Waals surface area (Å²) in [7, 11) is 6.23. The summed E-state index contributed by atoms with van der Waals surface area (Å²) in [5.74, 6) is 0.725. The van der Waals surface area contributed by atoms with Crippen LogP contribution in [-0.4, -0.2) is 56.1 Å². The highest BCUT2D eigenvalue weighted by atomic mass is 19.1. The number of carboxylic acid groups (broad SMARTS) is 1. The third-order valence-corrected chi connectivity index (χ3v) is 4.30. The van der Waals surface area contributed by atoms with Crippen molar-refractivity contribution in [2.24, 2.45) is 0 Å². The van der Waals surface area contributed by atoms with Crippen molar-refractivity contribution in [3.63, 3.8) is 0 Å². The van der Waals surface area contributed by atoms with Gasteiger partial charge in [0.1, 0.15) is 23.0 Å². The Morgan fingerprint density at radius 2 is 1.59 bits per heavy atom. The number of amides is 1. The van der Waals surface area contributed by atoms with Crippen LogP contribution in [0.4, 0.5) is 4.39 Å². The van der Waals surface area contributed by atoms with Crippen molar-refractivity contribution >= 4 is 12.4 Å². The smallest absolute Gasteiger partial charge is 0.270 e. The van der Waals surface area contributed by atoms with Crippen LogP contribution >= 0.6 is 0 Å². The lowest BCUT2D eigenvalue weighted by Crippen LogP contribution is -2.42. The van der Waals surface area contributed by atoms with Gasteiger partial charge in [0.25, 0.3) is 5.91 Å². The molecule has 0 saturated carbocycles. The van der Waals surface area contributed by atoms with Crippen molar-refractivity contribution in [3.8, 4) is 22.6 Å². The fraction of sp³-hybridized carbons (Fsp3) is 0.208. The molecule has 0 aliphatic heterocycles. The second-order valence-corrected chi connectivity index (χ2v) is 7.88. The molecule has 1 N–H and O–H groups in total. The van der Waals surface area contributed by atoms with Crippen LogP contribution in [0, 0.1) is 5.82 Å². The molecule has 2 aromatic carbocycles. The molecule has 8 heteroatoms. The van der Waals surface area contributed by atoms with E-state index in [4.69, 9.17) is 14.6 Å². The first-order valence-electron chi connectivity index (χ1n) is 9.86. The summed E-state index contributed by atoms with van der Waals surface area (Å²) in [6.45, 7) is 0.921. The van der Waals surface area contributed by atoms with Gasteiger partial charge in [0, 0.05) is 12.7 Å². The van der Waals surface area contributed by atoms with Gasteiger partial charge < -0.3 is 24.4 Å². The maximum Gasteiger partial charge on any atom is 0.270 e. The zero-order valence-electron chi connectivity index (χ0n) is 18.2. The van der Waals surface area contributed by atoms with E-state index in [1.165, 1.54) is 12.1 Å². The van der Waals surface area contributed by atoms with E-state index in [-0.39, 0.29) is 11.7 Å². The number of rotatable bonds is 7. The van der Waals surface area contributed by atoms with Crippen LogP contribution in [0.2, 0.25) is 0 Å². The number of carbonyl (C=O) groups is 2. The second kappa shape index (κ2) is 11.6. The normalized spacial score (nSPS) is 10.5. The number of nitrogens with zero attached hydrogens (tertiary/aromatic N) is 2. The minimum atomic E-state index is -0.500. The van der Waals surface area contributed by atoms with E-state index in [0.717, 1.165) is 22.2 Å². The lowest BCUT2D eigenvalue weighted by molar-refractivity contribution is -0.869. The van der Waals surface area contributed by atoms with Crippen LogP contribution in [-0.2, 0) is 4.79 Å². The molecule has 1 amide bonds. The van der Waals surface area contributed by atoms with Crippen LogP contribution < -0.4 is 15.2 Å². The molecule has 32 heavy (non-hydrogen) atoms. The topological polar surface area (TPSA) is 91.3 Å². The van der Waals surface area contributed by atoms with E-state index < -0.39 is 6.47 Å². The summed E-state index contributed by atoms with van der Waals surface area (Å²) >= 11 is 0. The predicted octanol–water partition coefficient (Wildman–Crippen LogP) is 2.48. The number of hydrogen-bond acceptors (Lipinski definition) is 5. The molecule has 0 atom stereocenters. The van der Waals surface area contributed by atoms with Gasteiger partial charge in [-0.3, -0.25) is 9.78 Å². The third-order valence-electron chi connectivity index (χ3n) is 4.30. The number of likely N-dealkylation sites (N-methyl/N-ethyl adjacent to an activating group) is 1. The summed E-state index contributed by atoms with van der Waals surface area (Å²) in [6.07, 6.45) is 1.63. The number of quaternary nitrogens is 1. The summed E-state index contributed by atoms with van der Waals surface area (Å²) < 4.78 is 19.5. The minimum Gasteiger partial charge on any atom is -0.554 e. The van der Waals surface area contributed by atoms with Gasteiger partial charge in [-0.05, 0) is 59.7 Å². The summed E-state index contributed by atoms with van der Waals surface area (Å²) in [5, 5.41) is 11.2. The Bertz CT molecular complexity index is 1020. The number of aromatic nitrogens is 1. The Morgan fingerprint density at radius 3 is 2.16 bits per heavy atom. The zero-order chi connectivity index (χ0) is 23.6. The number of ether oxygens (including phenoxy) is 1. The Labute approximate surface area is 186 Å². The van der Waals surface area contributed by atoms with E-state index in [0.29, 0.717) is 23.7 Å². The Morgan fingerprint density at radius 1 is 1.03 bits per heavy atom. The van der Waals surface area contributed by atoms with E-state index in [2.05, 4.69) is 31.4 Å². The van der Waals surface area contributed by atoms with Crippen LogP contribution in [0.25, 0.3) is 11.1 Å². The van der Waals surface area contributed by atoms with Crippen molar-refractivity contribution in [1.29, 1.82) is 0 Å². The molecule has 0 spiro atoms. The largest absolute Gasteiger partial charge is 0.554 e.